The molecular weight excluding hydrogens is 272 g/mol. The van der Waals surface area contributed by atoms with Gasteiger partial charge in [-0.2, -0.15) is 4.98 Å². The van der Waals surface area contributed by atoms with Gasteiger partial charge in [0.05, 0.1) is 0 Å². The molecule has 1 N–H and O–H groups in total. The summed E-state index contributed by atoms with van der Waals surface area (Å²) in [5.74, 6) is 1.00. The van der Waals surface area contributed by atoms with Gasteiger partial charge in [-0.25, -0.2) is 0 Å². The largest absolute Gasteiger partial charge is 0.352 e. The lowest BCUT2D eigenvalue weighted by Crippen LogP contribution is -2.22. The molecule has 2 aromatic rings. The molecule has 2 rings (SSSR count). The van der Waals surface area contributed by atoms with Crippen LogP contribution >= 0.6 is 9.24 Å². The Hall–Kier alpha value is -1.68. The fraction of sp³-hybridized carbons (Fsp3) is 0.308. The fourth-order valence-corrected chi connectivity index (χ4v) is 1.75. The summed E-state index contributed by atoms with van der Waals surface area (Å²) in [4.78, 5) is 16.0. The zero-order valence-corrected chi connectivity index (χ0v) is 13.0. The minimum absolute atomic E-state index is 0.0843. The van der Waals surface area contributed by atoms with Gasteiger partial charge < -0.3 is 9.84 Å². The number of aromatic nitrogens is 2. The molecule has 2 atom stereocenters. The molecule has 0 saturated carbocycles. The SMILES string of the molecule is BC(C)(P)c1nc(-c2ccc(C(=O)NCC)cc2)no1. The number of amides is 1. The zero-order chi connectivity index (χ0) is 14.8. The van der Waals surface area contributed by atoms with Crippen LogP contribution in [0.3, 0.4) is 0 Å². The summed E-state index contributed by atoms with van der Waals surface area (Å²) in [5.41, 5.74) is 1.44. The van der Waals surface area contributed by atoms with Crippen LogP contribution in [0, 0.1) is 0 Å². The highest BCUT2D eigenvalue weighted by atomic mass is 31.0. The molecule has 20 heavy (non-hydrogen) atoms. The topological polar surface area (TPSA) is 68.0 Å². The number of nitrogens with one attached hydrogen (secondary N) is 1. The van der Waals surface area contributed by atoms with E-state index in [1.807, 2.05) is 33.8 Å². The Morgan fingerprint density at radius 3 is 2.60 bits per heavy atom. The number of benzene rings is 1. The normalized spacial score (nSPS) is 13.8. The quantitative estimate of drug-likeness (QED) is 0.677. The van der Waals surface area contributed by atoms with Crippen LogP contribution in [-0.4, -0.2) is 30.4 Å². The smallest absolute Gasteiger partial charge is 0.251 e. The number of hydrogen-bond acceptors (Lipinski definition) is 4. The van der Waals surface area contributed by atoms with Crippen molar-refractivity contribution in [1.29, 1.82) is 0 Å². The third-order valence-corrected chi connectivity index (χ3v) is 2.97. The first-order valence-electron chi connectivity index (χ1n) is 6.43. The Labute approximate surface area is 121 Å². The molecular formula is C13H17BN3O2P. The highest BCUT2D eigenvalue weighted by Gasteiger charge is 2.22. The molecule has 0 aliphatic rings. The van der Waals surface area contributed by atoms with Crippen LogP contribution in [0.1, 0.15) is 30.1 Å². The van der Waals surface area contributed by atoms with E-state index in [2.05, 4.69) is 24.7 Å². The van der Waals surface area contributed by atoms with E-state index in [9.17, 15) is 4.79 Å². The van der Waals surface area contributed by atoms with Crippen LogP contribution in [0.25, 0.3) is 11.4 Å². The van der Waals surface area contributed by atoms with E-state index in [0.717, 1.165) is 5.56 Å². The highest BCUT2D eigenvalue weighted by molar-refractivity contribution is 7.21. The average molecular weight is 289 g/mol. The maximum Gasteiger partial charge on any atom is 0.251 e. The van der Waals surface area contributed by atoms with E-state index in [-0.39, 0.29) is 11.0 Å². The van der Waals surface area contributed by atoms with Gasteiger partial charge in [0.2, 0.25) is 11.7 Å². The number of hydrogen-bond donors (Lipinski definition) is 1. The van der Waals surface area contributed by atoms with E-state index in [1.165, 1.54) is 0 Å². The Kier molecular flexibility index (Phi) is 4.24. The lowest BCUT2D eigenvalue weighted by atomic mass is 9.88. The van der Waals surface area contributed by atoms with Gasteiger partial charge in [0.1, 0.15) is 7.85 Å². The molecule has 5 nitrogen and oxygen atoms in total. The third-order valence-electron chi connectivity index (χ3n) is 2.72. The molecule has 1 heterocycles. The standard InChI is InChI=1S/C13H17BN3O2P/c1-3-15-11(18)9-6-4-8(5-7-9)10-16-12(19-17-10)13(2,14)20/h4-7H,3,14,20H2,1-2H3,(H,15,18). The van der Waals surface area contributed by atoms with E-state index >= 15 is 0 Å². The van der Waals surface area contributed by atoms with Crippen LogP contribution in [0.2, 0.25) is 0 Å². The van der Waals surface area contributed by atoms with Crippen molar-refractivity contribution in [3.05, 3.63) is 35.7 Å². The zero-order valence-electron chi connectivity index (χ0n) is 11.8. The maximum absolute atomic E-state index is 11.7. The first-order chi connectivity index (χ1) is 9.41. The summed E-state index contributed by atoms with van der Waals surface area (Å²) in [6, 6.07) is 7.13. The summed E-state index contributed by atoms with van der Waals surface area (Å²) in [6.45, 7) is 4.48. The second-order valence-electron chi connectivity index (χ2n) is 5.08. The summed E-state index contributed by atoms with van der Waals surface area (Å²) in [5, 5.41) is 6.46. The van der Waals surface area contributed by atoms with Gasteiger partial charge in [0, 0.05) is 22.7 Å². The predicted molar refractivity (Wildman–Crippen MR) is 83.3 cm³/mol. The number of nitrogens with zero attached hydrogens (tertiary/aromatic N) is 2. The van der Waals surface area contributed by atoms with Crippen LogP contribution < -0.4 is 5.32 Å². The molecule has 2 unspecified atom stereocenters. The van der Waals surface area contributed by atoms with Crippen molar-refractivity contribution in [2.24, 2.45) is 0 Å². The number of carbonyl (C=O) groups is 1. The van der Waals surface area contributed by atoms with Gasteiger partial charge in [-0.3, -0.25) is 4.79 Å². The Bertz CT molecular complexity index is 605. The van der Waals surface area contributed by atoms with Crippen LogP contribution in [0.15, 0.2) is 28.8 Å². The van der Waals surface area contributed by atoms with E-state index in [0.29, 0.717) is 23.8 Å². The molecule has 7 heteroatoms. The van der Waals surface area contributed by atoms with E-state index < -0.39 is 0 Å². The third kappa shape index (κ3) is 3.25. The molecule has 1 aromatic carbocycles. The molecule has 0 radical (unpaired) electrons. The van der Waals surface area contributed by atoms with Crippen LogP contribution in [0.5, 0.6) is 0 Å². The summed E-state index contributed by atoms with van der Waals surface area (Å²) in [7, 11) is 4.64. The van der Waals surface area contributed by atoms with Gasteiger partial charge in [0.15, 0.2) is 0 Å². The van der Waals surface area contributed by atoms with Crippen molar-refractivity contribution in [1.82, 2.24) is 15.5 Å². The first kappa shape index (κ1) is 14.7. The second-order valence-corrected chi connectivity index (χ2v) is 6.53. The predicted octanol–water partition coefficient (Wildman–Crippen LogP) is 1.17. The average Bonchev–Trinajstić information content (AvgIpc) is 2.89. The van der Waals surface area contributed by atoms with Crippen molar-refractivity contribution in [3.63, 3.8) is 0 Å². The summed E-state index contributed by atoms with van der Waals surface area (Å²) >= 11 is 0. The van der Waals surface area contributed by atoms with Crippen molar-refractivity contribution < 1.29 is 9.32 Å². The van der Waals surface area contributed by atoms with Crippen molar-refractivity contribution in [2.75, 3.05) is 6.54 Å². The van der Waals surface area contributed by atoms with Gasteiger partial charge in [-0.15, -0.1) is 9.24 Å². The molecule has 0 saturated heterocycles. The van der Waals surface area contributed by atoms with Gasteiger partial charge >= 0.3 is 0 Å². The Morgan fingerprint density at radius 2 is 2.10 bits per heavy atom. The molecule has 0 bridgehead atoms. The highest BCUT2D eigenvalue weighted by Crippen LogP contribution is 2.27. The minimum atomic E-state index is -0.258. The fourth-order valence-electron chi connectivity index (χ4n) is 1.64. The molecule has 0 aliphatic carbocycles. The molecule has 0 spiro atoms. The molecule has 0 fully saturated rings. The number of rotatable bonds is 4. The maximum atomic E-state index is 11.7. The monoisotopic (exact) mass is 289 g/mol. The minimum Gasteiger partial charge on any atom is -0.352 e. The Morgan fingerprint density at radius 1 is 1.45 bits per heavy atom. The molecule has 1 aromatic heterocycles. The molecule has 104 valence electrons. The van der Waals surface area contributed by atoms with Gasteiger partial charge in [-0.1, -0.05) is 24.2 Å². The summed E-state index contributed by atoms with van der Waals surface area (Å²) < 4.78 is 5.24. The lowest BCUT2D eigenvalue weighted by molar-refractivity contribution is 0.0956. The lowest BCUT2D eigenvalue weighted by Gasteiger charge is -2.10. The van der Waals surface area contributed by atoms with Crippen molar-refractivity contribution in [3.8, 4) is 11.4 Å². The molecule has 0 aliphatic heterocycles. The molecule has 1 amide bonds. The van der Waals surface area contributed by atoms with Crippen molar-refractivity contribution in [2.45, 2.75) is 18.9 Å². The van der Waals surface area contributed by atoms with E-state index in [4.69, 9.17) is 4.52 Å². The van der Waals surface area contributed by atoms with E-state index in [1.54, 1.807) is 12.1 Å². The van der Waals surface area contributed by atoms with Crippen LogP contribution in [-0.2, 0) is 5.06 Å². The van der Waals surface area contributed by atoms with Crippen molar-refractivity contribution >= 4 is 23.0 Å². The number of carbonyl (C=O) groups excluding carboxylic acids is 1. The van der Waals surface area contributed by atoms with Crippen LogP contribution in [0.4, 0.5) is 0 Å². The van der Waals surface area contributed by atoms with Gasteiger partial charge in [0.25, 0.3) is 5.91 Å². The first-order valence-corrected chi connectivity index (χ1v) is 7.01. The second kappa shape index (κ2) is 5.75. The summed E-state index contributed by atoms with van der Waals surface area (Å²) in [6.07, 6.45) is 0. The van der Waals surface area contributed by atoms with Gasteiger partial charge in [-0.05, 0) is 19.1 Å². The Balaban J connectivity index is 2.22.